The SMILES string of the molecule is COc1ccc(OCCNc2cc(C)nc(N3CCN(C(C)=O)CC3)n2)cc1. The first-order chi connectivity index (χ1) is 13.5. The second-order valence-corrected chi connectivity index (χ2v) is 6.64. The Morgan fingerprint density at radius 2 is 1.79 bits per heavy atom. The summed E-state index contributed by atoms with van der Waals surface area (Å²) in [7, 11) is 1.64. The molecule has 1 saturated heterocycles. The predicted octanol–water partition coefficient (Wildman–Crippen LogP) is 1.95. The quantitative estimate of drug-likeness (QED) is 0.730. The van der Waals surface area contributed by atoms with Gasteiger partial charge < -0.3 is 24.6 Å². The van der Waals surface area contributed by atoms with Crippen LogP contribution in [-0.2, 0) is 4.79 Å². The lowest BCUT2D eigenvalue weighted by Crippen LogP contribution is -2.48. The maximum absolute atomic E-state index is 11.5. The number of hydrogen-bond acceptors (Lipinski definition) is 7. The smallest absolute Gasteiger partial charge is 0.227 e. The van der Waals surface area contributed by atoms with E-state index in [1.165, 1.54) is 0 Å². The number of nitrogens with one attached hydrogen (secondary N) is 1. The minimum absolute atomic E-state index is 0.115. The third-order valence-electron chi connectivity index (χ3n) is 4.59. The highest BCUT2D eigenvalue weighted by molar-refractivity contribution is 5.73. The molecule has 0 unspecified atom stereocenters. The van der Waals surface area contributed by atoms with Crippen molar-refractivity contribution in [2.45, 2.75) is 13.8 Å². The van der Waals surface area contributed by atoms with E-state index < -0.39 is 0 Å². The van der Waals surface area contributed by atoms with Crippen molar-refractivity contribution in [1.29, 1.82) is 0 Å². The van der Waals surface area contributed by atoms with Gasteiger partial charge in [-0.05, 0) is 31.2 Å². The molecule has 0 spiro atoms. The lowest BCUT2D eigenvalue weighted by molar-refractivity contribution is -0.129. The van der Waals surface area contributed by atoms with Crippen molar-refractivity contribution in [2.75, 3.05) is 56.7 Å². The normalized spacial score (nSPS) is 14.0. The number of rotatable bonds is 7. The molecule has 1 aromatic carbocycles. The average Bonchev–Trinajstić information content (AvgIpc) is 2.71. The van der Waals surface area contributed by atoms with Gasteiger partial charge in [0.1, 0.15) is 23.9 Å². The number of aromatic nitrogens is 2. The van der Waals surface area contributed by atoms with E-state index >= 15 is 0 Å². The molecule has 0 saturated carbocycles. The predicted molar refractivity (Wildman–Crippen MR) is 108 cm³/mol. The minimum atomic E-state index is 0.115. The van der Waals surface area contributed by atoms with Crippen LogP contribution < -0.4 is 19.7 Å². The van der Waals surface area contributed by atoms with Crippen LogP contribution in [-0.4, -0.2) is 67.2 Å². The van der Waals surface area contributed by atoms with Crippen molar-refractivity contribution in [3.05, 3.63) is 36.0 Å². The molecule has 1 fully saturated rings. The fourth-order valence-electron chi connectivity index (χ4n) is 3.03. The molecular weight excluding hydrogens is 358 g/mol. The molecule has 8 nitrogen and oxygen atoms in total. The van der Waals surface area contributed by atoms with Gasteiger partial charge in [0.25, 0.3) is 0 Å². The molecule has 1 aliphatic rings. The third-order valence-corrected chi connectivity index (χ3v) is 4.59. The fraction of sp³-hybridized carbons (Fsp3) is 0.450. The summed E-state index contributed by atoms with van der Waals surface area (Å²) in [5, 5.41) is 3.29. The second-order valence-electron chi connectivity index (χ2n) is 6.64. The molecule has 1 aliphatic heterocycles. The molecule has 150 valence electrons. The van der Waals surface area contributed by atoms with Gasteiger partial charge in [-0.2, -0.15) is 4.98 Å². The standard InChI is InChI=1S/C20H27N5O3/c1-15-14-19(21-8-13-28-18-6-4-17(27-3)5-7-18)23-20(22-15)25-11-9-24(10-12-25)16(2)26/h4-7,14H,8-13H2,1-3H3,(H,21,22,23). The van der Waals surface area contributed by atoms with E-state index in [9.17, 15) is 4.79 Å². The molecule has 1 aromatic heterocycles. The number of methoxy groups -OCH3 is 1. The van der Waals surface area contributed by atoms with Crippen molar-refractivity contribution in [1.82, 2.24) is 14.9 Å². The Balaban J connectivity index is 1.51. The Bertz CT molecular complexity index is 789. The molecule has 1 N–H and O–H groups in total. The van der Waals surface area contributed by atoms with E-state index in [2.05, 4.69) is 20.2 Å². The Labute approximate surface area is 165 Å². The summed E-state index contributed by atoms with van der Waals surface area (Å²) in [4.78, 5) is 24.6. The summed E-state index contributed by atoms with van der Waals surface area (Å²) >= 11 is 0. The van der Waals surface area contributed by atoms with Crippen molar-refractivity contribution < 1.29 is 14.3 Å². The van der Waals surface area contributed by atoms with Crippen LogP contribution in [0.3, 0.4) is 0 Å². The summed E-state index contributed by atoms with van der Waals surface area (Å²) in [5.74, 6) is 3.18. The summed E-state index contributed by atoms with van der Waals surface area (Å²) in [6, 6.07) is 9.42. The summed E-state index contributed by atoms with van der Waals surface area (Å²) in [5.41, 5.74) is 0.901. The molecule has 2 aromatic rings. The van der Waals surface area contributed by atoms with Gasteiger partial charge in [0.15, 0.2) is 0 Å². The van der Waals surface area contributed by atoms with Crippen LogP contribution in [0.25, 0.3) is 0 Å². The molecule has 0 bridgehead atoms. The molecule has 0 atom stereocenters. The summed E-state index contributed by atoms with van der Waals surface area (Å²) in [6.07, 6.45) is 0. The van der Waals surface area contributed by atoms with E-state index in [4.69, 9.17) is 9.47 Å². The zero-order chi connectivity index (χ0) is 19.9. The number of benzene rings is 1. The van der Waals surface area contributed by atoms with Gasteiger partial charge in [-0.3, -0.25) is 4.79 Å². The lowest BCUT2D eigenvalue weighted by atomic mass is 10.3. The van der Waals surface area contributed by atoms with Gasteiger partial charge in [0, 0.05) is 44.9 Å². The Morgan fingerprint density at radius 3 is 2.43 bits per heavy atom. The van der Waals surface area contributed by atoms with Crippen molar-refractivity contribution >= 4 is 17.7 Å². The first-order valence-electron chi connectivity index (χ1n) is 9.42. The maximum atomic E-state index is 11.5. The summed E-state index contributed by atoms with van der Waals surface area (Å²) in [6.45, 7) is 7.58. The van der Waals surface area contributed by atoms with Crippen LogP contribution in [0.15, 0.2) is 30.3 Å². The molecule has 0 radical (unpaired) electrons. The number of ether oxygens (including phenoxy) is 2. The first kappa shape index (κ1) is 19.7. The van der Waals surface area contributed by atoms with Crippen LogP contribution in [0, 0.1) is 6.92 Å². The monoisotopic (exact) mass is 385 g/mol. The molecule has 8 heteroatoms. The van der Waals surface area contributed by atoms with E-state index in [0.717, 1.165) is 36.1 Å². The van der Waals surface area contributed by atoms with Gasteiger partial charge in [-0.1, -0.05) is 0 Å². The number of piperazine rings is 1. The van der Waals surface area contributed by atoms with E-state index in [-0.39, 0.29) is 5.91 Å². The number of hydrogen-bond donors (Lipinski definition) is 1. The molecule has 2 heterocycles. The molecule has 0 aliphatic carbocycles. The van der Waals surface area contributed by atoms with Crippen LogP contribution in [0.2, 0.25) is 0 Å². The van der Waals surface area contributed by atoms with E-state index in [1.807, 2.05) is 42.2 Å². The van der Waals surface area contributed by atoms with Gasteiger partial charge in [0.05, 0.1) is 13.7 Å². The van der Waals surface area contributed by atoms with Crippen LogP contribution in [0.5, 0.6) is 11.5 Å². The van der Waals surface area contributed by atoms with Crippen LogP contribution >= 0.6 is 0 Å². The highest BCUT2D eigenvalue weighted by Crippen LogP contribution is 2.18. The highest BCUT2D eigenvalue weighted by atomic mass is 16.5. The van der Waals surface area contributed by atoms with Gasteiger partial charge >= 0.3 is 0 Å². The molecule has 3 rings (SSSR count). The van der Waals surface area contributed by atoms with Crippen molar-refractivity contribution in [3.8, 4) is 11.5 Å². The number of nitrogens with zero attached hydrogens (tertiary/aromatic N) is 4. The van der Waals surface area contributed by atoms with Gasteiger partial charge in [0.2, 0.25) is 11.9 Å². The number of carbonyl (C=O) groups excluding carboxylic acids is 1. The van der Waals surface area contributed by atoms with E-state index in [1.54, 1.807) is 14.0 Å². The van der Waals surface area contributed by atoms with Gasteiger partial charge in [-0.25, -0.2) is 4.98 Å². The number of anilines is 2. The van der Waals surface area contributed by atoms with Crippen molar-refractivity contribution in [3.63, 3.8) is 0 Å². The average molecular weight is 385 g/mol. The maximum Gasteiger partial charge on any atom is 0.227 e. The molecule has 28 heavy (non-hydrogen) atoms. The highest BCUT2D eigenvalue weighted by Gasteiger charge is 2.20. The zero-order valence-corrected chi connectivity index (χ0v) is 16.6. The first-order valence-corrected chi connectivity index (χ1v) is 9.42. The Kier molecular flexibility index (Phi) is 6.52. The zero-order valence-electron chi connectivity index (χ0n) is 16.6. The largest absolute Gasteiger partial charge is 0.497 e. The topological polar surface area (TPSA) is 79.8 Å². The van der Waals surface area contributed by atoms with Crippen LogP contribution in [0.4, 0.5) is 11.8 Å². The van der Waals surface area contributed by atoms with Gasteiger partial charge in [-0.15, -0.1) is 0 Å². The Hall–Kier alpha value is -3.03. The number of aryl methyl sites for hydroxylation is 1. The van der Waals surface area contributed by atoms with Crippen LogP contribution in [0.1, 0.15) is 12.6 Å². The Morgan fingerprint density at radius 1 is 1.11 bits per heavy atom. The minimum Gasteiger partial charge on any atom is -0.497 e. The third kappa shape index (κ3) is 5.25. The summed E-state index contributed by atoms with van der Waals surface area (Å²) < 4.78 is 10.9. The fourth-order valence-corrected chi connectivity index (χ4v) is 3.03. The molecular formula is C20H27N5O3. The van der Waals surface area contributed by atoms with Crippen molar-refractivity contribution in [2.24, 2.45) is 0 Å². The molecule has 1 amide bonds. The number of amides is 1. The van der Waals surface area contributed by atoms with E-state index in [0.29, 0.717) is 32.2 Å². The lowest BCUT2D eigenvalue weighted by Gasteiger charge is -2.34. The second kappa shape index (κ2) is 9.25. The number of carbonyl (C=O) groups is 1.